The topological polar surface area (TPSA) is 80.8 Å². The number of hydrogen-bond donors (Lipinski definition) is 0. The molecule has 9 heteroatoms. The number of rotatable bonds is 3. The SMILES string of the molecule is O=S(=O)(F)c1ccc(S(=O)(=O)N2CCCOCC2)cc1. The zero-order valence-electron chi connectivity index (χ0n) is 10.5. The number of ether oxygens (including phenoxy) is 1. The molecule has 0 aliphatic carbocycles. The molecule has 0 spiro atoms. The Bertz CT molecular complexity index is 661. The third kappa shape index (κ3) is 3.35. The van der Waals surface area contributed by atoms with Gasteiger partial charge in [-0.05, 0) is 30.7 Å². The number of hydrogen-bond acceptors (Lipinski definition) is 5. The normalized spacial score (nSPS) is 18.6. The predicted octanol–water partition coefficient (Wildman–Crippen LogP) is 0.756. The first-order valence-electron chi connectivity index (χ1n) is 5.94. The second-order valence-electron chi connectivity index (χ2n) is 4.28. The average Bonchev–Trinajstić information content (AvgIpc) is 2.67. The molecular formula is C11H14FNO5S2. The van der Waals surface area contributed by atoms with E-state index < -0.39 is 25.1 Å². The van der Waals surface area contributed by atoms with Crippen LogP contribution in [0.25, 0.3) is 0 Å². The first kappa shape index (κ1) is 15.4. The summed E-state index contributed by atoms with van der Waals surface area (Å²) in [4.78, 5) is -0.623. The summed E-state index contributed by atoms with van der Waals surface area (Å²) in [5.41, 5.74) is 0. The van der Waals surface area contributed by atoms with Gasteiger partial charge < -0.3 is 4.74 Å². The molecule has 6 nitrogen and oxygen atoms in total. The highest BCUT2D eigenvalue weighted by molar-refractivity contribution is 7.89. The van der Waals surface area contributed by atoms with Gasteiger partial charge >= 0.3 is 10.2 Å². The minimum atomic E-state index is -4.82. The van der Waals surface area contributed by atoms with Gasteiger partial charge in [0.2, 0.25) is 10.0 Å². The van der Waals surface area contributed by atoms with Crippen LogP contribution >= 0.6 is 0 Å². The fourth-order valence-corrected chi connectivity index (χ4v) is 3.81. The molecule has 0 unspecified atom stereocenters. The summed E-state index contributed by atoms with van der Waals surface area (Å²) < 4.78 is 65.3. The second kappa shape index (κ2) is 5.76. The molecular weight excluding hydrogens is 309 g/mol. The van der Waals surface area contributed by atoms with E-state index in [0.717, 1.165) is 24.3 Å². The molecule has 0 bridgehead atoms. The standard InChI is InChI=1S/C11H14FNO5S2/c12-19(14,15)10-2-4-11(5-3-10)20(16,17)13-6-1-8-18-9-7-13/h2-5H,1,6-9H2. The van der Waals surface area contributed by atoms with Crippen LogP contribution in [-0.4, -0.2) is 47.4 Å². The number of benzene rings is 1. The molecule has 1 saturated heterocycles. The van der Waals surface area contributed by atoms with Crippen molar-refractivity contribution in [1.29, 1.82) is 0 Å². The van der Waals surface area contributed by atoms with Gasteiger partial charge in [0.1, 0.15) is 0 Å². The quantitative estimate of drug-likeness (QED) is 0.767. The predicted molar refractivity (Wildman–Crippen MR) is 68.9 cm³/mol. The van der Waals surface area contributed by atoms with Crippen molar-refractivity contribution in [2.24, 2.45) is 0 Å². The molecule has 0 saturated carbocycles. The highest BCUT2D eigenvalue weighted by Crippen LogP contribution is 2.20. The van der Waals surface area contributed by atoms with Crippen molar-refractivity contribution >= 4 is 20.2 Å². The Labute approximate surface area is 117 Å². The summed E-state index contributed by atoms with van der Waals surface area (Å²) in [5.74, 6) is 0. The van der Waals surface area contributed by atoms with Crippen LogP contribution in [0.15, 0.2) is 34.1 Å². The lowest BCUT2D eigenvalue weighted by molar-refractivity contribution is 0.148. The maximum atomic E-state index is 12.8. The highest BCUT2D eigenvalue weighted by atomic mass is 32.3. The zero-order chi connectivity index (χ0) is 14.8. The maximum absolute atomic E-state index is 12.8. The average molecular weight is 323 g/mol. The van der Waals surface area contributed by atoms with Crippen molar-refractivity contribution < 1.29 is 25.5 Å². The van der Waals surface area contributed by atoms with E-state index in [4.69, 9.17) is 4.74 Å². The van der Waals surface area contributed by atoms with Crippen LogP contribution in [0.5, 0.6) is 0 Å². The van der Waals surface area contributed by atoms with Crippen LogP contribution in [0, 0.1) is 0 Å². The van der Waals surface area contributed by atoms with Crippen LogP contribution in [0.4, 0.5) is 3.89 Å². The van der Waals surface area contributed by atoms with Crippen molar-refractivity contribution in [2.45, 2.75) is 16.2 Å². The molecule has 0 radical (unpaired) electrons. The van der Waals surface area contributed by atoms with Gasteiger partial charge in [-0.2, -0.15) is 12.7 Å². The highest BCUT2D eigenvalue weighted by Gasteiger charge is 2.25. The van der Waals surface area contributed by atoms with Gasteiger partial charge in [-0.25, -0.2) is 8.42 Å². The first-order chi connectivity index (χ1) is 9.32. The van der Waals surface area contributed by atoms with E-state index in [9.17, 15) is 20.7 Å². The number of halogens is 1. The van der Waals surface area contributed by atoms with Gasteiger partial charge in [-0.3, -0.25) is 0 Å². The van der Waals surface area contributed by atoms with Crippen LogP contribution < -0.4 is 0 Å². The molecule has 1 aromatic carbocycles. The van der Waals surface area contributed by atoms with Crippen molar-refractivity contribution in [2.75, 3.05) is 26.3 Å². The molecule has 1 aliphatic rings. The fraction of sp³-hybridized carbons (Fsp3) is 0.455. The van der Waals surface area contributed by atoms with Crippen LogP contribution in [0.2, 0.25) is 0 Å². The number of sulfonamides is 1. The molecule has 0 aromatic heterocycles. The molecule has 0 atom stereocenters. The smallest absolute Gasteiger partial charge is 0.332 e. The van der Waals surface area contributed by atoms with E-state index in [1.807, 2.05) is 0 Å². The van der Waals surface area contributed by atoms with E-state index in [1.165, 1.54) is 4.31 Å². The van der Waals surface area contributed by atoms with Crippen molar-refractivity contribution in [1.82, 2.24) is 4.31 Å². The third-order valence-corrected chi connectivity index (χ3v) is 5.67. The Morgan fingerprint density at radius 3 is 2.15 bits per heavy atom. The summed E-state index contributed by atoms with van der Waals surface area (Å²) in [6.07, 6.45) is 0.593. The molecule has 20 heavy (non-hydrogen) atoms. The first-order valence-corrected chi connectivity index (χ1v) is 8.77. The summed E-state index contributed by atoms with van der Waals surface area (Å²) >= 11 is 0. The molecule has 2 rings (SSSR count). The van der Waals surface area contributed by atoms with Crippen LogP contribution in [0.1, 0.15) is 6.42 Å². The van der Waals surface area contributed by atoms with E-state index in [-0.39, 0.29) is 11.4 Å². The largest absolute Gasteiger partial charge is 0.380 e. The zero-order valence-corrected chi connectivity index (χ0v) is 12.2. The van der Waals surface area contributed by atoms with Crippen LogP contribution in [-0.2, 0) is 25.0 Å². The molecule has 1 fully saturated rings. The van der Waals surface area contributed by atoms with Crippen molar-refractivity contribution in [3.63, 3.8) is 0 Å². The molecule has 1 aliphatic heterocycles. The maximum Gasteiger partial charge on any atom is 0.332 e. The minimum Gasteiger partial charge on any atom is -0.380 e. The monoisotopic (exact) mass is 323 g/mol. The molecule has 0 N–H and O–H groups in total. The van der Waals surface area contributed by atoms with Gasteiger partial charge in [0.05, 0.1) is 16.4 Å². The van der Waals surface area contributed by atoms with Crippen molar-refractivity contribution in [3.05, 3.63) is 24.3 Å². The van der Waals surface area contributed by atoms with E-state index in [0.29, 0.717) is 26.2 Å². The summed E-state index contributed by atoms with van der Waals surface area (Å²) in [6, 6.07) is 4.06. The number of nitrogens with zero attached hydrogens (tertiary/aromatic N) is 1. The lowest BCUT2D eigenvalue weighted by Crippen LogP contribution is -2.33. The van der Waals surface area contributed by atoms with Gasteiger partial charge in [0.15, 0.2) is 0 Å². The van der Waals surface area contributed by atoms with Gasteiger partial charge in [0, 0.05) is 19.7 Å². The van der Waals surface area contributed by atoms with Crippen molar-refractivity contribution in [3.8, 4) is 0 Å². The van der Waals surface area contributed by atoms with E-state index in [2.05, 4.69) is 0 Å². The molecule has 1 aromatic rings. The fourth-order valence-electron chi connectivity index (χ4n) is 1.89. The lowest BCUT2D eigenvalue weighted by atomic mass is 10.4. The van der Waals surface area contributed by atoms with Crippen LogP contribution in [0.3, 0.4) is 0 Å². The van der Waals surface area contributed by atoms with Gasteiger partial charge in [0.25, 0.3) is 0 Å². The molecule has 0 amide bonds. The minimum absolute atomic E-state index is 0.0631. The summed E-state index contributed by atoms with van der Waals surface area (Å²) in [5, 5.41) is 0. The third-order valence-electron chi connectivity index (χ3n) is 2.92. The second-order valence-corrected chi connectivity index (χ2v) is 7.56. The lowest BCUT2D eigenvalue weighted by Gasteiger charge is -2.19. The van der Waals surface area contributed by atoms with Gasteiger partial charge in [-0.15, -0.1) is 3.89 Å². The summed E-state index contributed by atoms with van der Waals surface area (Å²) in [7, 11) is -8.54. The van der Waals surface area contributed by atoms with E-state index >= 15 is 0 Å². The Morgan fingerprint density at radius 1 is 0.950 bits per heavy atom. The Hall–Kier alpha value is -1.03. The Morgan fingerprint density at radius 2 is 1.55 bits per heavy atom. The molecule has 112 valence electrons. The Kier molecular flexibility index (Phi) is 4.43. The molecule has 1 heterocycles. The summed E-state index contributed by atoms with van der Waals surface area (Å²) in [6.45, 7) is 1.40. The van der Waals surface area contributed by atoms with E-state index in [1.54, 1.807) is 0 Å². The Balaban J connectivity index is 2.29. The van der Waals surface area contributed by atoms with Gasteiger partial charge in [-0.1, -0.05) is 0 Å².